The second-order valence-electron chi connectivity index (χ2n) is 5.65. The van der Waals surface area contributed by atoms with E-state index in [1.54, 1.807) is 24.3 Å². The van der Waals surface area contributed by atoms with Gasteiger partial charge in [0, 0.05) is 11.3 Å². The molecule has 6 N–H and O–H groups in total. The number of carbonyl (C=O) groups excluding carboxylic acids is 2. The Kier molecular flexibility index (Phi) is 7.23. The summed E-state index contributed by atoms with van der Waals surface area (Å²) in [5, 5.41) is 23.5. The molecular formula is C16H22N6O2. The van der Waals surface area contributed by atoms with E-state index in [1.165, 1.54) is 0 Å². The lowest BCUT2D eigenvalue weighted by Gasteiger charge is -2.19. The van der Waals surface area contributed by atoms with Gasteiger partial charge in [-0.1, -0.05) is 13.8 Å². The van der Waals surface area contributed by atoms with E-state index >= 15 is 0 Å². The number of nitrogens with one attached hydrogen (secondary N) is 4. The van der Waals surface area contributed by atoms with Crippen LogP contribution in [0, 0.1) is 22.7 Å². The van der Waals surface area contributed by atoms with E-state index in [0.717, 1.165) is 0 Å². The SMILES string of the molecule is CC(C)CC(NC(=O)c1ccc(NC(=N)N)cc1)C(=O)NCC#N. The molecule has 0 aliphatic rings. The number of carbonyl (C=O) groups is 2. The lowest BCUT2D eigenvalue weighted by molar-refractivity contribution is -0.123. The molecule has 0 radical (unpaired) electrons. The van der Waals surface area contributed by atoms with Crippen LogP contribution in [0.5, 0.6) is 0 Å². The second kappa shape index (κ2) is 9.15. The molecule has 128 valence electrons. The van der Waals surface area contributed by atoms with Gasteiger partial charge in [-0.3, -0.25) is 15.0 Å². The fraction of sp³-hybridized carbons (Fsp3) is 0.375. The van der Waals surface area contributed by atoms with Crippen molar-refractivity contribution in [2.24, 2.45) is 11.7 Å². The molecule has 8 nitrogen and oxygen atoms in total. The third kappa shape index (κ3) is 6.36. The number of hydrogen-bond acceptors (Lipinski definition) is 4. The fourth-order valence-electron chi connectivity index (χ4n) is 2.05. The van der Waals surface area contributed by atoms with Gasteiger partial charge >= 0.3 is 0 Å². The van der Waals surface area contributed by atoms with Crippen LogP contribution in [0.2, 0.25) is 0 Å². The number of nitrogens with zero attached hydrogens (tertiary/aromatic N) is 1. The number of rotatable bonds is 7. The van der Waals surface area contributed by atoms with Crippen LogP contribution in [0.25, 0.3) is 0 Å². The molecule has 1 rings (SSSR count). The van der Waals surface area contributed by atoms with E-state index in [9.17, 15) is 9.59 Å². The smallest absolute Gasteiger partial charge is 0.251 e. The average Bonchev–Trinajstić information content (AvgIpc) is 2.51. The topological polar surface area (TPSA) is 144 Å². The van der Waals surface area contributed by atoms with E-state index in [4.69, 9.17) is 16.4 Å². The van der Waals surface area contributed by atoms with E-state index < -0.39 is 6.04 Å². The van der Waals surface area contributed by atoms with Crippen LogP contribution in [0.4, 0.5) is 5.69 Å². The molecule has 1 unspecified atom stereocenters. The zero-order valence-electron chi connectivity index (χ0n) is 13.7. The highest BCUT2D eigenvalue weighted by molar-refractivity contribution is 5.98. The predicted octanol–water partition coefficient (Wildman–Crippen LogP) is 0.776. The highest BCUT2D eigenvalue weighted by atomic mass is 16.2. The lowest BCUT2D eigenvalue weighted by Crippen LogP contribution is -2.47. The molecule has 0 aliphatic heterocycles. The summed E-state index contributed by atoms with van der Waals surface area (Å²) in [6, 6.07) is 7.50. The number of nitriles is 1. The van der Waals surface area contributed by atoms with Crippen molar-refractivity contribution < 1.29 is 9.59 Å². The lowest BCUT2D eigenvalue weighted by atomic mass is 10.0. The largest absolute Gasteiger partial charge is 0.370 e. The molecule has 8 heteroatoms. The third-order valence-corrected chi connectivity index (χ3v) is 3.10. The predicted molar refractivity (Wildman–Crippen MR) is 91.3 cm³/mol. The quantitative estimate of drug-likeness (QED) is 0.285. The number of benzene rings is 1. The van der Waals surface area contributed by atoms with Crippen molar-refractivity contribution in [1.82, 2.24) is 10.6 Å². The summed E-state index contributed by atoms with van der Waals surface area (Å²) in [6.45, 7) is 3.78. The van der Waals surface area contributed by atoms with Crippen LogP contribution in [0.3, 0.4) is 0 Å². The Morgan fingerprint density at radius 3 is 2.42 bits per heavy atom. The minimum absolute atomic E-state index is 0.102. The minimum atomic E-state index is -0.708. The van der Waals surface area contributed by atoms with Crippen LogP contribution >= 0.6 is 0 Å². The van der Waals surface area contributed by atoms with Crippen LogP contribution in [-0.4, -0.2) is 30.4 Å². The van der Waals surface area contributed by atoms with Gasteiger partial charge in [0.25, 0.3) is 5.91 Å². The van der Waals surface area contributed by atoms with Gasteiger partial charge in [-0.15, -0.1) is 0 Å². The van der Waals surface area contributed by atoms with Crippen LogP contribution < -0.4 is 21.7 Å². The van der Waals surface area contributed by atoms with Gasteiger partial charge in [0.05, 0.1) is 6.07 Å². The molecule has 0 spiro atoms. The molecule has 1 aromatic rings. The zero-order chi connectivity index (χ0) is 18.1. The Bertz CT molecular complexity index is 633. The van der Waals surface area contributed by atoms with Gasteiger partial charge in [0.2, 0.25) is 5.91 Å². The van der Waals surface area contributed by atoms with E-state index in [-0.39, 0.29) is 30.2 Å². The van der Waals surface area contributed by atoms with E-state index in [0.29, 0.717) is 17.7 Å². The maximum atomic E-state index is 12.3. The summed E-state index contributed by atoms with van der Waals surface area (Å²) in [5.41, 5.74) is 6.20. The standard InChI is InChI=1S/C16H22N6O2/c1-10(2)9-13(15(24)20-8-7-17)22-14(23)11-3-5-12(6-4-11)21-16(18)19/h3-6,10,13H,8-9H2,1-2H3,(H,20,24)(H,22,23)(H4,18,19,21). The monoisotopic (exact) mass is 330 g/mol. The summed E-state index contributed by atoms with van der Waals surface area (Å²) in [4.78, 5) is 24.4. The van der Waals surface area contributed by atoms with Crippen LogP contribution in [0.1, 0.15) is 30.6 Å². The van der Waals surface area contributed by atoms with Crippen LogP contribution in [0.15, 0.2) is 24.3 Å². The summed E-state index contributed by atoms with van der Waals surface area (Å²) in [7, 11) is 0. The number of anilines is 1. The maximum absolute atomic E-state index is 12.3. The second-order valence-corrected chi connectivity index (χ2v) is 5.65. The number of hydrogen-bond donors (Lipinski definition) is 5. The molecule has 0 bridgehead atoms. The molecule has 2 amide bonds. The van der Waals surface area contributed by atoms with Crippen molar-refractivity contribution in [3.63, 3.8) is 0 Å². The van der Waals surface area contributed by atoms with Crippen molar-refractivity contribution in [2.75, 3.05) is 11.9 Å². The van der Waals surface area contributed by atoms with Gasteiger partial charge in [-0.2, -0.15) is 5.26 Å². The van der Waals surface area contributed by atoms with Gasteiger partial charge in [-0.05, 0) is 36.6 Å². The Labute approximate surface area is 140 Å². The van der Waals surface area contributed by atoms with Crippen LogP contribution in [-0.2, 0) is 4.79 Å². The molecule has 0 heterocycles. The van der Waals surface area contributed by atoms with Gasteiger partial charge < -0.3 is 21.7 Å². The molecule has 0 aromatic heterocycles. The average molecular weight is 330 g/mol. The minimum Gasteiger partial charge on any atom is -0.370 e. The Hall–Kier alpha value is -3.08. The highest BCUT2D eigenvalue weighted by Crippen LogP contribution is 2.11. The first-order chi connectivity index (χ1) is 11.3. The number of nitrogens with two attached hydrogens (primary N) is 1. The van der Waals surface area contributed by atoms with E-state index in [1.807, 2.05) is 19.9 Å². The normalized spacial score (nSPS) is 11.2. The molecular weight excluding hydrogens is 308 g/mol. The maximum Gasteiger partial charge on any atom is 0.251 e. The Morgan fingerprint density at radius 1 is 1.29 bits per heavy atom. The molecule has 24 heavy (non-hydrogen) atoms. The van der Waals surface area contributed by atoms with Gasteiger partial charge in [0.15, 0.2) is 5.96 Å². The van der Waals surface area contributed by atoms with Crippen molar-refractivity contribution in [3.05, 3.63) is 29.8 Å². The summed E-state index contributed by atoms with van der Waals surface area (Å²) >= 11 is 0. The summed E-state index contributed by atoms with van der Waals surface area (Å²) < 4.78 is 0. The number of amides is 2. The zero-order valence-corrected chi connectivity index (χ0v) is 13.7. The van der Waals surface area contributed by atoms with Gasteiger partial charge in [-0.25, -0.2) is 0 Å². The molecule has 0 fully saturated rings. The first-order valence-corrected chi connectivity index (χ1v) is 7.50. The molecule has 0 aliphatic carbocycles. The Balaban J connectivity index is 2.78. The van der Waals surface area contributed by atoms with Crippen molar-refractivity contribution >= 4 is 23.5 Å². The van der Waals surface area contributed by atoms with E-state index in [2.05, 4.69) is 16.0 Å². The first kappa shape index (κ1) is 19.0. The number of guanidine groups is 1. The van der Waals surface area contributed by atoms with Crippen molar-refractivity contribution in [3.8, 4) is 6.07 Å². The molecule has 0 saturated heterocycles. The Morgan fingerprint density at radius 2 is 1.92 bits per heavy atom. The fourth-order valence-corrected chi connectivity index (χ4v) is 2.05. The molecule has 1 atom stereocenters. The first-order valence-electron chi connectivity index (χ1n) is 7.50. The molecule has 0 saturated carbocycles. The third-order valence-electron chi connectivity index (χ3n) is 3.10. The van der Waals surface area contributed by atoms with Crippen molar-refractivity contribution in [2.45, 2.75) is 26.3 Å². The van der Waals surface area contributed by atoms with Crippen molar-refractivity contribution in [1.29, 1.82) is 10.7 Å². The molecule has 1 aromatic carbocycles. The highest BCUT2D eigenvalue weighted by Gasteiger charge is 2.22. The van der Waals surface area contributed by atoms with Gasteiger partial charge in [0.1, 0.15) is 12.6 Å². The summed E-state index contributed by atoms with van der Waals surface area (Å²) in [5.74, 6) is -0.765. The summed E-state index contributed by atoms with van der Waals surface area (Å²) in [6.07, 6.45) is 0.465.